The highest BCUT2D eigenvalue weighted by atomic mass is 16.2. The number of fused-ring (bicyclic) bond motifs is 1. The average Bonchev–Trinajstić information content (AvgIpc) is 2.80. The lowest BCUT2D eigenvalue weighted by Crippen LogP contribution is -2.22. The first-order chi connectivity index (χ1) is 9.56. The molecule has 2 unspecified atom stereocenters. The topological polar surface area (TPSA) is 83.8 Å². The minimum absolute atomic E-state index is 0.00580. The maximum atomic E-state index is 12.1. The van der Waals surface area contributed by atoms with E-state index in [-0.39, 0.29) is 17.9 Å². The van der Waals surface area contributed by atoms with E-state index in [2.05, 4.69) is 15.3 Å². The normalized spacial score (nSPS) is 14.2. The molecule has 1 heterocycles. The maximum Gasteiger partial charge on any atom is 0.229 e. The molecule has 0 bridgehead atoms. The Morgan fingerprint density at radius 3 is 2.80 bits per heavy atom. The molecule has 0 aliphatic rings. The molecule has 0 saturated carbocycles. The molecule has 108 valence electrons. The van der Waals surface area contributed by atoms with Crippen LogP contribution in [0.2, 0.25) is 0 Å². The lowest BCUT2D eigenvalue weighted by Gasteiger charge is -2.11. The first-order valence-electron chi connectivity index (χ1n) is 7.07. The molecule has 5 nitrogen and oxygen atoms in total. The van der Waals surface area contributed by atoms with E-state index in [0.29, 0.717) is 5.95 Å². The highest BCUT2D eigenvalue weighted by Crippen LogP contribution is 2.15. The summed E-state index contributed by atoms with van der Waals surface area (Å²) in [6, 6.07) is 7.90. The van der Waals surface area contributed by atoms with Gasteiger partial charge in [0.05, 0.1) is 11.0 Å². The zero-order chi connectivity index (χ0) is 14.5. The molecular formula is C15H22N4O. The Hall–Kier alpha value is -1.88. The SMILES string of the molecule is CC(N)CCCC(C)C(=O)Nc1nc2ccccc2[nH]1. The van der Waals surface area contributed by atoms with Crippen LogP contribution in [0.25, 0.3) is 11.0 Å². The number of carbonyl (C=O) groups excluding carboxylic acids is 1. The lowest BCUT2D eigenvalue weighted by atomic mass is 10.0. The van der Waals surface area contributed by atoms with E-state index >= 15 is 0 Å². The van der Waals surface area contributed by atoms with Gasteiger partial charge >= 0.3 is 0 Å². The molecular weight excluding hydrogens is 252 g/mol. The monoisotopic (exact) mass is 274 g/mol. The third kappa shape index (κ3) is 3.81. The van der Waals surface area contributed by atoms with Crippen molar-refractivity contribution < 1.29 is 4.79 Å². The molecule has 1 aromatic heterocycles. The number of rotatable bonds is 6. The van der Waals surface area contributed by atoms with E-state index < -0.39 is 0 Å². The van der Waals surface area contributed by atoms with Crippen LogP contribution in [0.4, 0.5) is 5.95 Å². The van der Waals surface area contributed by atoms with Crippen molar-refractivity contribution in [1.29, 1.82) is 0 Å². The zero-order valence-electron chi connectivity index (χ0n) is 12.0. The van der Waals surface area contributed by atoms with Gasteiger partial charge in [0.15, 0.2) is 0 Å². The van der Waals surface area contributed by atoms with Crippen LogP contribution in [0, 0.1) is 5.92 Å². The van der Waals surface area contributed by atoms with Crippen LogP contribution in [-0.2, 0) is 4.79 Å². The van der Waals surface area contributed by atoms with Crippen molar-refractivity contribution in [2.24, 2.45) is 11.7 Å². The Labute approximate surface area is 119 Å². The average molecular weight is 274 g/mol. The minimum Gasteiger partial charge on any atom is -0.328 e. The van der Waals surface area contributed by atoms with Crippen molar-refractivity contribution in [2.45, 2.75) is 39.2 Å². The van der Waals surface area contributed by atoms with Crippen molar-refractivity contribution >= 4 is 22.9 Å². The predicted octanol–water partition coefficient (Wildman–Crippen LogP) is 2.66. The molecule has 0 spiro atoms. The highest BCUT2D eigenvalue weighted by molar-refractivity contribution is 5.92. The van der Waals surface area contributed by atoms with E-state index in [1.165, 1.54) is 0 Å². The van der Waals surface area contributed by atoms with Gasteiger partial charge in [-0.3, -0.25) is 10.1 Å². The van der Waals surface area contributed by atoms with Crippen molar-refractivity contribution in [3.63, 3.8) is 0 Å². The number of carbonyl (C=O) groups is 1. The molecule has 0 aliphatic heterocycles. The van der Waals surface area contributed by atoms with Gasteiger partial charge in [0.25, 0.3) is 0 Å². The van der Waals surface area contributed by atoms with Gasteiger partial charge in [-0.05, 0) is 31.9 Å². The first kappa shape index (κ1) is 14.5. The van der Waals surface area contributed by atoms with E-state index in [1.54, 1.807) is 0 Å². The molecule has 1 amide bonds. The summed E-state index contributed by atoms with van der Waals surface area (Å²) in [6.45, 7) is 3.91. The van der Waals surface area contributed by atoms with Crippen LogP contribution >= 0.6 is 0 Å². The number of imidazole rings is 1. The number of amides is 1. The fraction of sp³-hybridized carbons (Fsp3) is 0.467. The third-order valence-electron chi connectivity index (χ3n) is 3.38. The summed E-state index contributed by atoms with van der Waals surface area (Å²) in [4.78, 5) is 19.5. The Bertz CT molecular complexity index is 543. The number of nitrogens with two attached hydrogens (primary N) is 1. The second-order valence-corrected chi connectivity index (χ2v) is 5.40. The van der Waals surface area contributed by atoms with Crippen LogP contribution in [-0.4, -0.2) is 21.9 Å². The van der Waals surface area contributed by atoms with Crippen LogP contribution in [0.5, 0.6) is 0 Å². The summed E-state index contributed by atoms with van der Waals surface area (Å²) < 4.78 is 0. The number of benzene rings is 1. The molecule has 2 aromatic rings. The Balaban J connectivity index is 1.90. The van der Waals surface area contributed by atoms with E-state index in [0.717, 1.165) is 30.3 Å². The Morgan fingerprint density at radius 2 is 2.10 bits per heavy atom. The van der Waals surface area contributed by atoms with Crippen molar-refractivity contribution in [1.82, 2.24) is 9.97 Å². The Morgan fingerprint density at radius 1 is 1.35 bits per heavy atom. The molecule has 0 radical (unpaired) electrons. The number of nitrogens with zero attached hydrogens (tertiary/aromatic N) is 1. The fourth-order valence-electron chi connectivity index (χ4n) is 2.13. The van der Waals surface area contributed by atoms with Crippen molar-refractivity contribution in [3.05, 3.63) is 24.3 Å². The number of hydrogen-bond acceptors (Lipinski definition) is 3. The summed E-state index contributed by atoms with van der Waals surface area (Å²) in [5, 5.41) is 2.83. The summed E-state index contributed by atoms with van der Waals surface area (Å²) in [5.74, 6) is 0.464. The van der Waals surface area contributed by atoms with Gasteiger partial charge in [-0.2, -0.15) is 0 Å². The largest absolute Gasteiger partial charge is 0.328 e. The number of aromatic nitrogens is 2. The number of para-hydroxylation sites is 2. The summed E-state index contributed by atoms with van der Waals surface area (Å²) >= 11 is 0. The lowest BCUT2D eigenvalue weighted by molar-refractivity contribution is -0.119. The van der Waals surface area contributed by atoms with Gasteiger partial charge in [0.2, 0.25) is 11.9 Å². The quantitative estimate of drug-likeness (QED) is 0.757. The summed E-state index contributed by atoms with van der Waals surface area (Å²) in [6.07, 6.45) is 2.75. The predicted molar refractivity (Wildman–Crippen MR) is 81.4 cm³/mol. The molecule has 2 rings (SSSR count). The fourth-order valence-corrected chi connectivity index (χ4v) is 2.13. The van der Waals surface area contributed by atoms with E-state index in [1.807, 2.05) is 38.1 Å². The second-order valence-electron chi connectivity index (χ2n) is 5.40. The van der Waals surface area contributed by atoms with Gasteiger partial charge in [-0.1, -0.05) is 25.5 Å². The zero-order valence-corrected chi connectivity index (χ0v) is 12.0. The van der Waals surface area contributed by atoms with Gasteiger partial charge in [0, 0.05) is 12.0 Å². The van der Waals surface area contributed by atoms with Crippen molar-refractivity contribution in [2.75, 3.05) is 5.32 Å². The standard InChI is InChI=1S/C15H22N4O/c1-10(6-5-7-11(2)16)14(20)19-15-17-12-8-3-4-9-13(12)18-15/h3-4,8-11H,5-7,16H2,1-2H3,(H2,17,18,19,20). The third-order valence-corrected chi connectivity index (χ3v) is 3.38. The Kier molecular flexibility index (Phi) is 4.74. The maximum absolute atomic E-state index is 12.1. The molecule has 5 heteroatoms. The molecule has 0 fully saturated rings. The van der Waals surface area contributed by atoms with Crippen LogP contribution in [0.1, 0.15) is 33.1 Å². The molecule has 0 aliphatic carbocycles. The number of anilines is 1. The van der Waals surface area contributed by atoms with E-state index in [4.69, 9.17) is 5.73 Å². The van der Waals surface area contributed by atoms with Crippen LogP contribution in [0.3, 0.4) is 0 Å². The van der Waals surface area contributed by atoms with Crippen molar-refractivity contribution in [3.8, 4) is 0 Å². The van der Waals surface area contributed by atoms with Gasteiger partial charge in [-0.15, -0.1) is 0 Å². The number of hydrogen-bond donors (Lipinski definition) is 3. The van der Waals surface area contributed by atoms with Gasteiger partial charge in [0.1, 0.15) is 0 Å². The van der Waals surface area contributed by atoms with E-state index in [9.17, 15) is 4.79 Å². The minimum atomic E-state index is -0.0398. The molecule has 1 aromatic carbocycles. The second kappa shape index (κ2) is 6.52. The van der Waals surface area contributed by atoms with Crippen LogP contribution in [0.15, 0.2) is 24.3 Å². The number of nitrogens with one attached hydrogen (secondary N) is 2. The van der Waals surface area contributed by atoms with Gasteiger partial charge in [-0.25, -0.2) is 4.98 Å². The molecule has 0 saturated heterocycles. The van der Waals surface area contributed by atoms with Crippen LogP contribution < -0.4 is 11.1 Å². The number of H-pyrrole nitrogens is 1. The summed E-state index contributed by atoms with van der Waals surface area (Å²) in [7, 11) is 0. The molecule has 2 atom stereocenters. The number of aromatic amines is 1. The first-order valence-corrected chi connectivity index (χ1v) is 7.07. The smallest absolute Gasteiger partial charge is 0.229 e. The molecule has 20 heavy (non-hydrogen) atoms. The summed E-state index contributed by atoms with van der Waals surface area (Å²) in [5.41, 5.74) is 7.48. The van der Waals surface area contributed by atoms with Gasteiger partial charge < -0.3 is 10.7 Å². The highest BCUT2D eigenvalue weighted by Gasteiger charge is 2.14. The molecule has 4 N–H and O–H groups in total.